The highest BCUT2D eigenvalue weighted by molar-refractivity contribution is 14.0. The van der Waals surface area contributed by atoms with E-state index in [0.717, 1.165) is 51.4 Å². The fourth-order valence-electron chi connectivity index (χ4n) is 4.09. The van der Waals surface area contributed by atoms with Crippen molar-refractivity contribution in [1.82, 2.24) is 25.0 Å². The number of guanidine groups is 1. The van der Waals surface area contributed by atoms with Gasteiger partial charge in [-0.1, -0.05) is 18.2 Å². The maximum absolute atomic E-state index is 4.91. The van der Waals surface area contributed by atoms with Crippen molar-refractivity contribution in [3.8, 4) is 0 Å². The highest BCUT2D eigenvalue weighted by Gasteiger charge is 2.26. The van der Waals surface area contributed by atoms with E-state index in [1.165, 1.54) is 22.0 Å². The summed E-state index contributed by atoms with van der Waals surface area (Å²) in [6.07, 6.45) is 9.53. The largest absolute Gasteiger partial charge is 0.361 e. The van der Waals surface area contributed by atoms with E-state index in [2.05, 4.69) is 63.9 Å². The van der Waals surface area contributed by atoms with Crippen molar-refractivity contribution in [2.24, 2.45) is 12.0 Å². The third-order valence-electron chi connectivity index (χ3n) is 5.56. The molecular weight excluding hydrogens is 475 g/mol. The van der Waals surface area contributed by atoms with Gasteiger partial charge < -0.3 is 15.2 Å². The molecule has 3 heterocycles. The second kappa shape index (κ2) is 10.1. The lowest BCUT2D eigenvalue weighted by Crippen LogP contribution is -2.40. The predicted octanol–water partition coefficient (Wildman–Crippen LogP) is 3.91. The van der Waals surface area contributed by atoms with E-state index in [4.69, 9.17) is 4.99 Å². The van der Waals surface area contributed by atoms with E-state index in [0.29, 0.717) is 5.92 Å². The average molecular weight is 506 g/mol. The number of fused-ring (bicyclic) bond motifs is 1. The van der Waals surface area contributed by atoms with Crippen molar-refractivity contribution in [3.05, 3.63) is 54.0 Å². The summed E-state index contributed by atoms with van der Waals surface area (Å²) in [5, 5.41) is 9.13. The zero-order chi connectivity index (χ0) is 19.3. The number of aryl methyl sites for hydroxylation is 2. The summed E-state index contributed by atoms with van der Waals surface area (Å²) in [4.78, 5) is 10.7. The number of nitrogens with one attached hydrogen (secondary N) is 2. The Hall–Kier alpha value is -2.03. The standard InChI is InChI=1S/C22H30N6.HI/c1-3-23-22(28-12-10-18(16-28)19-14-26-27(2)15-19)24-11-6-7-17-13-25-21-9-5-4-8-20(17)21;/h4-5,8-9,13-15,18,25H,3,6-7,10-12,16H2,1-2H3,(H,23,24);1H. The van der Waals surface area contributed by atoms with Crippen LogP contribution < -0.4 is 5.32 Å². The van der Waals surface area contributed by atoms with Crippen LogP contribution in [0.1, 0.15) is 36.8 Å². The third kappa shape index (κ3) is 5.12. The molecule has 1 aromatic carbocycles. The molecule has 7 heteroatoms. The zero-order valence-electron chi connectivity index (χ0n) is 17.3. The lowest BCUT2D eigenvalue weighted by molar-refractivity contribution is 0.485. The maximum Gasteiger partial charge on any atom is 0.193 e. The smallest absolute Gasteiger partial charge is 0.193 e. The number of H-pyrrole nitrogens is 1. The van der Waals surface area contributed by atoms with Gasteiger partial charge in [-0.15, -0.1) is 24.0 Å². The lowest BCUT2D eigenvalue weighted by atomic mass is 10.0. The van der Waals surface area contributed by atoms with Crippen LogP contribution in [-0.2, 0) is 13.5 Å². The van der Waals surface area contributed by atoms with Crippen molar-refractivity contribution in [2.75, 3.05) is 26.2 Å². The Kier molecular flexibility index (Phi) is 7.57. The summed E-state index contributed by atoms with van der Waals surface area (Å²) >= 11 is 0. The molecule has 0 amide bonds. The van der Waals surface area contributed by atoms with Crippen molar-refractivity contribution in [2.45, 2.75) is 32.1 Å². The number of hydrogen-bond donors (Lipinski definition) is 2. The van der Waals surface area contributed by atoms with Crippen molar-refractivity contribution in [1.29, 1.82) is 0 Å². The van der Waals surface area contributed by atoms with Gasteiger partial charge in [0.25, 0.3) is 0 Å². The van der Waals surface area contributed by atoms with Crippen LogP contribution in [0.25, 0.3) is 10.9 Å². The van der Waals surface area contributed by atoms with Gasteiger partial charge in [-0.3, -0.25) is 9.67 Å². The predicted molar refractivity (Wildman–Crippen MR) is 130 cm³/mol. The van der Waals surface area contributed by atoms with Gasteiger partial charge in [0.15, 0.2) is 5.96 Å². The van der Waals surface area contributed by atoms with Gasteiger partial charge in [-0.2, -0.15) is 5.10 Å². The second-order valence-corrected chi connectivity index (χ2v) is 7.58. The van der Waals surface area contributed by atoms with Gasteiger partial charge in [0.1, 0.15) is 0 Å². The highest BCUT2D eigenvalue weighted by Crippen LogP contribution is 2.26. The first-order valence-corrected chi connectivity index (χ1v) is 10.3. The molecule has 1 unspecified atom stereocenters. The summed E-state index contributed by atoms with van der Waals surface area (Å²) < 4.78 is 1.89. The SMILES string of the molecule is CCNC(=NCCCc1c[nH]c2ccccc12)N1CCC(c2cnn(C)c2)C1.I. The van der Waals surface area contributed by atoms with Crippen LogP contribution in [0, 0.1) is 0 Å². The summed E-state index contributed by atoms with van der Waals surface area (Å²) in [7, 11) is 1.98. The molecule has 1 fully saturated rings. The van der Waals surface area contributed by atoms with E-state index in [-0.39, 0.29) is 24.0 Å². The first kappa shape index (κ1) is 21.7. The Bertz CT molecular complexity index is 944. The highest BCUT2D eigenvalue weighted by atomic mass is 127. The number of hydrogen-bond acceptors (Lipinski definition) is 2. The molecule has 2 aromatic heterocycles. The average Bonchev–Trinajstić information content (AvgIpc) is 3.44. The molecule has 6 nitrogen and oxygen atoms in total. The van der Waals surface area contributed by atoms with Gasteiger partial charge in [-0.05, 0) is 43.4 Å². The Balaban J connectivity index is 0.00000240. The van der Waals surface area contributed by atoms with Crippen molar-refractivity contribution >= 4 is 40.8 Å². The summed E-state index contributed by atoms with van der Waals surface area (Å²) in [6, 6.07) is 8.50. The molecule has 0 radical (unpaired) electrons. The van der Waals surface area contributed by atoms with Gasteiger partial charge in [0.2, 0.25) is 0 Å². The summed E-state index contributed by atoms with van der Waals surface area (Å²) in [5.41, 5.74) is 3.93. The first-order valence-electron chi connectivity index (χ1n) is 10.3. The molecule has 0 saturated carbocycles. The minimum atomic E-state index is 0. The number of likely N-dealkylation sites (tertiary alicyclic amines) is 1. The number of aromatic amines is 1. The monoisotopic (exact) mass is 506 g/mol. The molecule has 0 bridgehead atoms. The van der Waals surface area contributed by atoms with Gasteiger partial charge >= 0.3 is 0 Å². The molecule has 4 rings (SSSR count). The Labute approximate surface area is 189 Å². The van der Waals surface area contributed by atoms with Crippen LogP contribution in [-0.4, -0.2) is 51.8 Å². The molecule has 1 aliphatic rings. The Morgan fingerprint density at radius 2 is 2.21 bits per heavy atom. The first-order chi connectivity index (χ1) is 13.7. The van der Waals surface area contributed by atoms with Gasteiger partial charge in [0.05, 0.1) is 6.20 Å². The normalized spacial score (nSPS) is 17.0. The van der Waals surface area contributed by atoms with E-state index in [9.17, 15) is 0 Å². The molecule has 1 aliphatic heterocycles. The number of aromatic nitrogens is 3. The zero-order valence-corrected chi connectivity index (χ0v) is 19.6. The molecule has 3 aromatic rings. The lowest BCUT2D eigenvalue weighted by Gasteiger charge is -2.21. The molecule has 2 N–H and O–H groups in total. The molecule has 0 spiro atoms. The minimum absolute atomic E-state index is 0. The van der Waals surface area contributed by atoms with Crippen LogP contribution >= 0.6 is 24.0 Å². The van der Waals surface area contributed by atoms with Gasteiger partial charge in [0, 0.05) is 62.4 Å². The fraction of sp³-hybridized carbons (Fsp3) is 0.455. The van der Waals surface area contributed by atoms with Crippen molar-refractivity contribution < 1.29 is 0 Å². The van der Waals surface area contributed by atoms with E-state index >= 15 is 0 Å². The van der Waals surface area contributed by atoms with Crippen LogP contribution in [0.15, 0.2) is 47.8 Å². The molecule has 29 heavy (non-hydrogen) atoms. The van der Waals surface area contributed by atoms with Crippen LogP contribution in [0.3, 0.4) is 0 Å². The number of nitrogens with zero attached hydrogens (tertiary/aromatic N) is 4. The maximum atomic E-state index is 4.91. The number of aliphatic imine (C=N–C) groups is 1. The van der Waals surface area contributed by atoms with Crippen LogP contribution in [0.4, 0.5) is 0 Å². The van der Waals surface area contributed by atoms with Crippen LogP contribution in [0.5, 0.6) is 0 Å². The number of rotatable bonds is 6. The van der Waals surface area contributed by atoms with Crippen molar-refractivity contribution in [3.63, 3.8) is 0 Å². The molecule has 1 saturated heterocycles. The summed E-state index contributed by atoms with van der Waals surface area (Å²) in [6.45, 7) is 5.94. The fourth-order valence-corrected chi connectivity index (χ4v) is 4.09. The quantitative estimate of drug-likeness (QED) is 0.231. The van der Waals surface area contributed by atoms with E-state index in [1.807, 2.05) is 17.9 Å². The number of benzene rings is 1. The Morgan fingerprint density at radius 1 is 1.34 bits per heavy atom. The van der Waals surface area contributed by atoms with Crippen LogP contribution in [0.2, 0.25) is 0 Å². The topological polar surface area (TPSA) is 61.2 Å². The molecular formula is C22H31IN6. The molecule has 1 atom stereocenters. The third-order valence-corrected chi connectivity index (χ3v) is 5.56. The molecule has 156 valence electrons. The molecule has 0 aliphatic carbocycles. The second-order valence-electron chi connectivity index (χ2n) is 7.58. The Morgan fingerprint density at radius 3 is 3.00 bits per heavy atom. The summed E-state index contributed by atoms with van der Waals surface area (Å²) in [5.74, 6) is 1.59. The van der Waals surface area contributed by atoms with E-state index < -0.39 is 0 Å². The minimum Gasteiger partial charge on any atom is -0.361 e. The van der Waals surface area contributed by atoms with Gasteiger partial charge in [-0.25, -0.2) is 0 Å². The van der Waals surface area contributed by atoms with E-state index in [1.54, 1.807) is 0 Å². The number of para-hydroxylation sites is 1. The number of halogens is 1.